The Kier molecular flexibility index (Phi) is 6.75. The van der Waals surface area contributed by atoms with Crippen molar-refractivity contribution in [3.8, 4) is 0 Å². The number of esters is 1. The molecule has 112 valence electrons. The van der Waals surface area contributed by atoms with Gasteiger partial charge in [-0.3, -0.25) is 5.32 Å². The normalized spacial score (nSPS) is 22.5. The van der Waals surface area contributed by atoms with Gasteiger partial charge in [0.15, 0.2) is 0 Å². The minimum absolute atomic E-state index is 0.188. The molecule has 1 aliphatic heterocycles. The molecule has 0 aliphatic carbocycles. The van der Waals surface area contributed by atoms with Gasteiger partial charge in [0.2, 0.25) is 0 Å². The van der Waals surface area contributed by atoms with Crippen LogP contribution < -0.4 is 5.32 Å². The summed E-state index contributed by atoms with van der Waals surface area (Å²) in [5.74, 6) is 0.192. The van der Waals surface area contributed by atoms with Gasteiger partial charge >= 0.3 is 5.97 Å². The summed E-state index contributed by atoms with van der Waals surface area (Å²) in [5.41, 5.74) is -0.788. The molecule has 1 saturated heterocycles. The van der Waals surface area contributed by atoms with Crippen molar-refractivity contribution in [2.45, 2.75) is 45.7 Å². The van der Waals surface area contributed by atoms with Crippen molar-refractivity contribution in [3.05, 3.63) is 0 Å². The Balaban J connectivity index is 2.45. The molecule has 1 aliphatic rings. The highest BCUT2D eigenvalue weighted by Crippen LogP contribution is 2.15. The lowest BCUT2D eigenvalue weighted by Crippen LogP contribution is -2.56. The zero-order valence-electron chi connectivity index (χ0n) is 12.5. The molecule has 1 heterocycles. The third-order valence-electron chi connectivity index (χ3n) is 3.10. The molecule has 2 atom stereocenters. The fraction of sp³-hybridized carbons (Fsp3) is 0.929. The van der Waals surface area contributed by atoms with E-state index in [0.717, 1.165) is 19.6 Å². The van der Waals surface area contributed by atoms with Gasteiger partial charge in [-0.2, -0.15) is 0 Å². The van der Waals surface area contributed by atoms with Crippen molar-refractivity contribution in [1.29, 1.82) is 0 Å². The van der Waals surface area contributed by atoms with Crippen LogP contribution in [-0.2, 0) is 19.0 Å². The second kappa shape index (κ2) is 7.82. The van der Waals surface area contributed by atoms with Crippen molar-refractivity contribution < 1.29 is 19.0 Å². The lowest BCUT2D eigenvalue weighted by Gasteiger charge is -2.30. The summed E-state index contributed by atoms with van der Waals surface area (Å²) in [5, 5.41) is 3.24. The molecule has 5 nitrogen and oxygen atoms in total. The summed E-state index contributed by atoms with van der Waals surface area (Å²) in [6.07, 6.45) is 1.04. The monoisotopic (exact) mass is 273 g/mol. The first-order valence-electron chi connectivity index (χ1n) is 7.08. The van der Waals surface area contributed by atoms with Crippen molar-refractivity contribution in [1.82, 2.24) is 5.32 Å². The molecular weight excluding hydrogens is 246 g/mol. The Morgan fingerprint density at radius 3 is 2.79 bits per heavy atom. The Morgan fingerprint density at radius 1 is 1.53 bits per heavy atom. The van der Waals surface area contributed by atoms with Gasteiger partial charge in [-0.1, -0.05) is 0 Å². The van der Waals surface area contributed by atoms with Crippen LogP contribution in [0.5, 0.6) is 0 Å². The topological polar surface area (TPSA) is 56.8 Å². The number of hydrogen-bond donors (Lipinski definition) is 1. The highest BCUT2D eigenvalue weighted by molar-refractivity contribution is 5.80. The predicted octanol–water partition coefficient (Wildman–Crippen LogP) is 1.36. The second-order valence-electron chi connectivity index (χ2n) is 5.60. The fourth-order valence-corrected chi connectivity index (χ4v) is 2.23. The average Bonchev–Trinajstić information content (AvgIpc) is 2.81. The van der Waals surface area contributed by atoms with Crippen molar-refractivity contribution in [3.63, 3.8) is 0 Å². The average molecular weight is 273 g/mol. The van der Waals surface area contributed by atoms with Gasteiger partial charge in [-0.25, -0.2) is 4.79 Å². The summed E-state index contributed by atoms with van der Waals surface area (Å²) < 4.78 is 16.1. The van der Waals surface area contributed by atoms with Crippen LogP contribution in [0.1, 0.15) is 34.1 Å². The van der Waals surface area contributed by atoms with Gasteiger partial charge in [0.1, 0.15) is 5.54 Å². The Labute approximate surface area is 116 Å². The molecule has 0 radical (unpaired) electrons. The summed E-state index contributed by atoms with van der Waals surface area (Å²) in [4.78, 5) is 12.0. The van der Waals surface area contributed by atoms with E-state index in [2.05, 4.69) is 5.32 Å². The van der Waals surface area contributed by atoms with Crippen LogP contribution in [0, 0.1) is 5.92 Å². The molecule has 0 bridgehead atoms. The van der Waals surface area contributed by atoms with E-state index in [0.29, 0.717) is 25.7 Å². The molecule has 0 aromatic rings. The fourth-order valence-electron chi connectivity index (χ4n) is 2.23. The molecule has 1 rings (SSSR count). The molecule has 1 fully saturated rings. The molecule has 0 saturated carbocycles. The SMILES string of the molecule is CCOC(=O)C(C)(COCC1CCOC1)NC(C)C. The van der Waals surface area contributed by atoms with Crippen LogP contribution >= 0.6 is 0 Å². The van der Waals surface area contributed by atoms with Gasteiger partial charge in [0.25, 0.3) is 0 Å². The van der Waals surface area contributed by atoms with E-state index in [1.165, 1.54) is 0 Å². The lowest BCUT2D eigenvalue weighted by atomic mass is 10.0. The molecule has 0 amide bonds. The third-order valence-corrected chi connectivity index (χ3v) is 3.10. The zero-order chi connectivity index (χ0) is 14.3. The maximum absolute atomic E-state index is 12.0. The van der Waals surface area contributed by atoms with E-state index < -0.39 is 5.54 Å². The first kappa shape index (κ1) is 16.4. The summed E-state index contributed by atoms with van der Waals surface area (Å²) in [7, 11) is 0. The summed E-state index contributed by atoms with van der Waals surface area (Å²) in [6.45, 7) is 10.5. The Hall–Kier alpha value is -0.650. The standard InChI is InChI=1S/C14H27NO4/c1-5-19-13(16)14(4,15-11(2)3)10-18-9-12-6-7-17-8-12/h11-12,15H,5-10H2,1-4H3. The minimum atomic E-state index is -0.788. The molecule has 5 heteroatoms. The Morgan fingerprint density at radius 2 is 2.26 bits per heavy atom. The maximum atomic E-state index is 12.0. The van der Waals surface area contributed by atoms with Crippen LogP contribution in [0.2, 0.25) is 0 Å². The van der Waals surface area contributed by atoms with Gasteiger partial charge in [-0.05, 0) is 34.1 Å². The number of hydrogen-bond acceptors (Lipinski definition) is 5. The predicted molar refractivity (Wildman–Crippen MR) is 73.1 cm³/mol. The smallest absolute Gasteiger partial charge is 0.328 e. The third kappa shape index (κ3) is 5.47. The number of carbonyl (C=O) groups is 1. The molecule has 0 spiro atoms. The second-order valence-corrected chi connectivity index (χ2v) is 5.60. The first-order valence-corrected chi connectivity index (χ1v) is 7.08. The van der Waals surface area contributed by atoms with E-state index in [4.69, 9.17) is 14.2 Å². The molecular formula is C14H27NO4. The number of carbonyl (C=O) groups excluding carboxylic acids is 1. The largest absolute Gasteiger partial charge is 0.465 e. The highest BCUT2D eigenvalue weighted by atomic mass is 16.5. The number of nitrogens with one attached hydrogen (secondary N) is 1. The van der Waals surface area contributed by atoms with Crippen LogP contribution in [0.4, 0.5) is 0 Å². The van der Waals surface area contributed by atoms with Crippen LogP contribution in [0.3, 0.4) is 0 Å². The van der Waals surface area contributed by atoms with Crippen molar-refractivity contribution >= 4 is 5.97 Å². The van der Waals surface area contributed by atoms with Crippen molar-refractivity contribution in [2.75, 3.05) is 33.0 Å². The van der Waals surface area contributed by atoms with E-state index in [1.807, 2.05) is 27.7 Å². The maximum Gasteiger partial charge on any atom is 0.328 e. The van der Waals surface area contributed by atoms with Crippen LogP contribution in [0.25, 0.3) is 0 Å². The number of ether oxygens (including phenoxy) is 3. The molecule has 0 aromatic carbocycles. The van der Waals surface area contributed by atoms with E-state index in [1.54, 1.807) is 0 Å². The first-order chi connectivity index (χ1) is 8.98. The van der Waals surface area contributed by atoms with Crippen LogP contribution in [-0.4, -0.2) is 50.6 Å². The zero-order valence-corrected chi connectivity index (χ0v) is 12.5. The lowest BCUT2D eigenvalue weighted by molar-refractivity contribution is -0.153. The van der Waals surface area contributed by atoms with Gasteiger partial charge in [0.05, 0.1) is 26.4 Å². The Bertz CT molecular complexity index is 277. The number of rotatable bonds is 8. The van der Waals surface area contributed by atoms with Gasteiger partial charge < -0.3 is 14.2 Å². The highest BCUT2D eigenvalue weighted by Gasteiger charge is 2.36. The van der Waals surface area contributed by atoms with E-state index >= 15 is 0 Å². The van der Waals surface area contributed by atoms with Crippen molar-refractivity contribution in [2.24, 2.45) is 5.92 Å². The molecule has 1 N–H and O–H groups in total. The molecule has 2 unspecified atom stereocenters. The molecule has 19 heavy (non-hydrogen) atoms. The van der Waals surface area contributed by atoms with Gasteiger partial charge in [-0.15, -0.1) is 0 Å². The summed E-state index contributed by atoms with van der Waals surface area (Å²) >= 11 is 0. The quantitative estimate of drug-likeness (QED) is 0.677. The van der Waals surface area contributed by atoms with E-state index in [9.17, 15) is 4.79 Å². The van der Waals surface area contributed by atoms with E-state index in [-0.39, 0.29) is 12.0 Å². The van der Waals surface area contributed by atoms with Crippen LogP contribution in [0.15, 0.2) is 0 Å². The summed E-state index contributed by atoms with van der Waals surface area (Å²) in [6, 6.07) is 0.188. The van der Waals surface area contributed by atoms with Gasteiger partial charge in [0, 0.05) is 18.6 Å². The molecule has 0 aromatic heterocycles. The minimum Gasteiger partial charge on any atom is -0.465 e.